The summed E-state index contributed by atoms with van der Waals surface area (Å²) in [5, 5.41) is 0. The van der Waals surface area contributed by atoms with Crippen LogP contribution in [0.1, 0.15) is 26.7 Å². The highest BCUT2D eigenvalue weighted by Crippen LogP contribution is 2.22. The molecule has 0 aromatic heterocycles. The van der Waals surface area contributed by atoms with Crippen LogP contribution >= 0.6 is 0 Å². The lowest BCUT2D eigenvalue weighted by Crippen LogP contribution is -2.35. The van der Waals surface area contributed by atoms with Crippen molar-refractivity contribution in [3.05, 3.63) is 0 Å². The van der Waals surface area contributed by atoms with Crippen LogP contribution in [0, 0.1) is 5.92 Å². The molecule has 0 aromatic carbocycles. The molecule has 18 heavy (non-hydrogen) atoms. The van der Waals surface area contributed by atoms with Crippen LogP contribution in [0.2, 0.25) is 0 Å². The fourth-order valence-electron chi connectivity index (χ4n) is 1.90. The summed E-state index contributed by atoms with van der Waals surface area (Å²) in [6, 6.07) is -0.0267. The van der Waals surface area contributed by atoms with E-state index in [-0.39, 0.29) is 6.04 Å². The molecule has 0 saturated carbocycles. The number of nitrogens with zero attached hydrogens (tertiary/aromatic N) is 2. The molecule has 104 valence electrons. The third kappa shape index (κ3) is 3.98. The van der Waals surface area contributed by atoms with E-state index in [9.17, 15) is 0 Å². The van der Waals surface area contributed by atoms with Gasteiger partial charge in [0.2, 0.25) is 11.8 Å². The quantitative estimate of drug-likeness (QED) is 0.720. The molecule has 5 nitrogen and oxygen atoms in total. The number of aliphatic imine (C=N–C) groups is 2. The van der Waals surface area contributed by atoms with Crippen molar-refractivity contribution in [1.29, 1.82) is 0 Å². The third-order valence-corrected chi connectivity index (χ3v) is 2.76. The maximum atomic E-state index is 5.35. The van der Waals surface area contributed by atoms with E-state index in [1.807, 2.05) is 0 Å². The minimum Gasteiger partial charge on any atom is -0.483 e. The predicted molar refractivity (Wildman–Crippen MR) is 72.4 cm³/mol. The molecule has 0 radical (unpaired) electrons. The first-order valence-electron chi connectivity index (χ1n) is 6.53. The van der Waals surface area contributed by atoms with E-state index in [0.29, 0.717) is 24.3 Å². The van der Waals surface area contributed by atoms with Gasteiger partial charge < -0.3 is 14.2 Å². The average Bonchev–Trinajstić information content (AvgIpc) is 2.92. The van der Waals surface area contributed by atoms with E-state index in [1.54, 1.807) is 14.2 Å². The first-order valence-corrected chi connectivity index (χ1v) is 6.53. The van der Waals surface area contributed by atoms with E-state index in [2.05, 4.69) is 23.8 Å². The summed E-state index contributed by atoms with van der Waals surface area (Å²) in [5.74, 6) is 1.74. The Bertz CT molecular complexity index is 297. The molecule has 2 rings (SSSR count). The molecule has 1 saturated heterocycles. The molecule has 2 unspecified atom stereocenters. The van der Waals surface area contributed by atoms with Gasteiger partial charge in [-0.2, -0.15) is 0 Å². The Kier molecular flexibility index (Phi) is 6.72. The second-order valence-corrected chi connectivity index (χ2v) is 4.36. The van der Waals surface area contributed by atoms with Gasteiger partial charge in [-0.1, -0.05) is 20.3 Å². The zero-order valence-electron chi connectivity index (χ0n) is 11.8. The van der Waals surface area contributed by atoms with Gasteiger partial charge in [0.05, 0.1) is 20.8 Å². The molecule has 0 N–H and O–H groups in total. The molecule has 2 aliphatic rings. The maximum Gasteiger partial charge on any atom is 0.209 e. The van der Waals surface area contributed by atoms with Crippen LogP contribution in [0.3, 0.4) is 0 Å². The Morgan fingerprint density at radius 1 is 1.28 bits per heavy atom. The fraction of sp³-hybridized carbons (Fsp3) is 0.846. The lowest BCUT2D eigenvalue weighted by molar-refractivity contribution is 0.182. The zero-order chi connectivity index (χ0) is 13.4. The van der Waals surface area contributed by atoms with Gasteiger partial charge >= 0.3 is 0 Å². The maximum absolute atomic E-state index is 5.35. The minimum atomic E-state index is -0.0267. The van der Waals surface area contributed by atoms with Crippen molar-refractivity contribution in [3.8, 4) is 0 Å². The van der Waals surface area contributed by atoms with Crippen molar-refractivity contribution in [2.24, 2.45) is 15.9 Å². The SMILES string of the molecule is CCC.COC1=NC(C2CCOC2)C(OC)=NC1. The molecule has 0 amide bonds. The Morgan fingerprint density at radius 2 is 2.00 bits per heavy atom. The van der Waals surface area contributed by atoms with Crippen molar-refractivity contribution in [3.63, 3.8) is 0 Å². The molecule has 5 heteroatoms. The highest BCUT2D eigenvalue weighted by molar-refractivity contribution is 5.92. The van der Waals surface area contributed by atoms with Gasteiger partial charge in [0.15, 0.2) is 0 Å². The monoisotopic (exact) mass is 256 g/mol. The topological polar surface area (TPSA) is 52.4 Å². The number of rotatable bonds is 1. The van der Waals surface area contributed by atoms with Crippen molar-refractivity contribution in [2.75, 3.05) is 34.0 Å². The van der Waals surface area contributed by atoms with Gasteiger partial charge in [-0.15, -0.1) is 0 Å². The number of hydrogen-bond acceptors (Lipinski definition) is 5. The Balaban J connectivity index is 0.000000492. The summed E-state index contributed by atoms with van der Waals surface area (Å²) in [6.07, 6.45) is 2.26. The summed E-state index contributed by atoms with van der Waals surface area (Å²) in [7, 11) is 3.25. The van der Waals surface area contributed by atoms with E-state index in [0.717, 1.165) is 19.6 Å². The van der Waals surface area contributed by atoms with Gasteiger partial charge in [0.1, 0.15) is 12.6 Å². The van der Waals surface area contributed by atoms with Crippen molar-refractivity contribution < 1.29 is 14.2 Å². The Labute approximate surface area is 109 Å². The lowest BCUT2D eigenvalue weighted by atomic mass is 9.99. The van der Waals surface area contributed by atoms with E-state index >= 15 is 0 Å². The molecule has 2 heterocycles. The highest BCUT2D eigenvalue weighted by atomic mass is 16.5. The Morgan fingerprint density at radius 3 is 2.50 bits per heavy atom. The minimum absolute atomic E-state index is 0.0267. The number of methoxy groups -OCH3 is 2. The van der Waals surface area contributed by atoms with Crippen molar-refractivity contribution in [1.82, 2.24) is 0 Å². The van der Waals surface area contributed by atoms with Crippen molar-refractivity contribution in [2.45, 2.75) is 32.7 Å². The second kappa shape index (κ2) is 8.08. The van der Waals surface area contributed by atoms with Crippen molar-refractivity contribution >= 4 is 11.8 Å². The van der Waals surface area contributed by atoms with Gasteiger partial charge in [-0.05, 0) is 6.42 Å². The second-order valence-electron chi connectivity index (χ2n) is 4.36. The largest absolute Gasteiger partial charge is 0.483 e. The smallest absolute Gasteiger partial charge is 0.209 e. The molecule has 0 spiro atoms. The van der Waals surface area contributed by atoms with E-state index in [1.165, 1.54) is 6.42 Å². The van der Waals surface area contributed by atoms with Crippen LogP contribution in [0.15, 0.2) is 9.98 Å². The summed E-state index contributed by atoms with van der Waals surface area (Å²) in [4.78, 5) is 8.80. The van der Waals surface area contributed by atoms with Crippen LogP contribution < -0.4 is 0 Å². The van der Waals surface area contributed by atoms with Crippen LogP contribution in [0.25, 0.3) is 0 Å². The standard InChI is InChI=1S/C10H16N2O3.C3H8/c1-13-8-5-11-10(14-2)9(12-8)7-3-4-15-6-7;1-3-2/h7,9H,3-6H2,1-2H3;3H2,1-2H3. The molecule has 0 aromatic rings. The van der Waals surface area contributed by atoms with Crippen LogP contribution in [-0.2, 0) is 14.2 Å². The summed E-state index contributed by atoms with van der Waals surface area (Å²) < 4.78 is 15.7. The first-order chi connectivity index (χ1) is 8.76. The highest BCUT2D eigenvalue weighted by Gasteiger charge is 2.32. The first kappa shape index (κ1) is 15.0. The fourth-order valence-corrected chi connectivity index (χ4v) is 1.90. The van der Waals surface area contributed by atoms with E-state index in [4.69, 9.17) is 14.2 Å². The predicted octanol–water partition coefficient (Wildman–Crippen LogP) is 1.91. The van der Waals surface area contributed by atoms with Crippen LogP contribution in [0.5, 0.6) is 0 Å². The average molecular weight is 256 g/mol. The third-order valence-electron chi connectivity index (χ3n) is 2.76. The number of ether oxygens (including phenoxy) is 3. The molecule has 2 aliphatic heterocycles. The molecular formula is C13H24N2O3. The lowest BCUT2D eigenvalue weighted by Gasteiger charge is -2.23. The molecule has 1 fully saturated rings. The summed E-state index contributed by atoms with van der Waals surface area (Å²) >= 11 is 0. The molecule has 2 atom stereocenters. The van der Waals surface area contributed by atoms with Gasteiger partial charge in [-0.25, -0.2) is 9.98 Å². The Hall–Kier alpha value is -1.10. The zero-order valence-corrected chi connectivity index (χ0v) is 11.8. The van der Waals surface area contributed by atoms with E-state index < -0.39 is 0 Å². The van der Waals surface area contributed by atoms with Crippen LogP contribution in [0.4, 0.5) is 0 Å². The normalized spacial score (nSPS) is 26.7. The molecular weight excluding hydrogens is 232 g/mol. The van der Waals surface area contributed by atoms with Crippen LogP contribution in [-0.4, -0.2) is 51.8 Å². The van der Waals surface area contributed by atoms with Gasteiger partial charge in [-0.3, -0.25) is 0 Å². The summed E-state index contributed by atoms with van der Waals surface area (Å²) in [6.45, 7) is 6.26. The van der Waals surface area contributed by atoms with Gasteiger partial charge in [0.25, 0.3) is 0 Å². The summed E-state index contributed by atoms with van der Waals surface area (Å²) in [5.41, 5.74) is 0. The molecule has 0 bridgehead atoms. The molecule has 0 aliphatic carbocycles. The van der Waals surface area contributed by atoms with Gasteiger partial charge in [0, 0.05) is 12.5 Å². The number of hydrogen-bond donors (Lipinski definition) is 0.